The molecule has 3 fully saturated rings. The van der Waals surface area contributed by atoms with Gasteiger partial charge in [-0.25, -0.2) is 0 Å². The summed E-state index contributed by atoms with van der Waals surface area (Å²) in [5, 5.41) is 0. The molecule has 0 aliphatic heterocycles. The molecule has 4 aliphatic carbocycles. The fraction of sp³-hybridized carbons (Fsp3) is 0.857. The van der Waals surface area contributed by atoms with Crippen LogP contribution in [0.5, 0.6) is 0 Å². The Hall–Kier alpha value is -1.32. The Kier molecular flexibility index (Phi) is 5.66. The monoisotopic (exact) mass is 444 g/mol. The van der Waals surface area contributed by atoms with Crippen molar-refractivity contribution in [3.63, 3.8) is 0 Å². The Morgan fingerprint density at radius 2 is 1.59 bits per heavy atom. The van der Waals surface area contributed by atoms with Crippen molar-refractivity contribution in [1.82, 2.24) is 0 Å². The molecule has 4 nitrogen and oxygen atoms in total. The van der Waals surface area contributed by atoms with Gasteiger partial charge in [-0.3, -0.25) is 9.59 Å². The summed E-state index contributed by atoms with van der Waals surface area (Å²) in [6.45, 7) is 17.4. The fourth-order valence-electron chi connectivity index (χ4n) is 9.45. The van der Waals surface area contributed by atoms with Crippen LogP contribution in [-0.4, -0.2) is 24.1 Å². The van der Waals surface area contributed by atoms with E-state index in [2.05, 4.69) is 47.6 Å². The lowest BCUT2D eigenvalue weighted by Crippen LogP contribution is -2.66. The highest BCUT2D eigenvalue weighted by Crippen LogP contribution is 2.73. The average molecular weight is 445 g/mol. The molecule has 32 heavy (non-hydrogen) atoms. The number of carbonyl (C=O) groups excluding carboxylic acids is 2. The molecule has 0 bridgehead atoms. The van der Waals surface area contributed by atoms with Gasteiger partial charge in [-0.2, -0.15) is 0 Å². The molecular weight excluding hydrogens is 400 g/mol. The molecular formula is C28H44O4. The van der Waals surface area contributed by atoms with Crippen LogP contribution in [0.4, 0.5) is 0 Å². The summed E-state index contributed by atoms with van der Waals surface area (Å²) < 4.78 is 11.8. The Balaban J connectivity index is 1.79. The van der Waals surface area contributed by atoms with Crippen LogP contribution in [0.2, 0.25) is 0 Å². The van der Waals surface area contributed by atoms with Gasteiger partial charge < -0.3 is 9.47 Å². The third-order valence-electron chi connectivity index (χ3n) is 10.8. The Bertz CT molecular complexity index is 827. The van der Waals surface area contributed by atoms with Crippen molar-refractivity contribution in [2.45, 2.75) is 113 Å². The van der Waals surface area contributed by atoms with Crippen molar-refractivity contribution >= 4 is 11.9 Å². The van der Waals surface area contributed by atoms with E-state index >= 15 is 0 Å². The Morgan fingerprint density at radius 1 is 0.938 bits per heavy atom. The van der Waals surface area contributed by atoms with E-state index in [0.717, 1.165) is 19.3 Å². The largest absolute Gasteiger partial charge is 0.459 e. The van der Waals surface area contributed by atoms with E-state index in [4.69, 9.17) is 9.47 Å². The van der Waals surface area contributed by atoms with Gasteiger partial charge in [0, 0.05) is 19.3 Å². The van der Waals surface area contributed by atoms with Crippen LogP contribution in [0.15, 0.2) is 11.6 Å². The van der Waals surface area contributed by atoms with Crippen LogP contribution in [0.1, 0.15) is 100 Å². The number of hydrogen-bond acceptors (Lipinski definition) is 4. The topological polar surface area (TPSA) is 52.6 Å². The van der Waals surface area contributed by atoms with Gasteiger partial charge in [-0.05, 0) is 72.5 Å². The maximum atomic E-state index is 12.1. The summed E-state index contributed by atoms with van der Waals surface area (Å²) in [6, 6.07) is 0. The van der Waals surface area contributed by atoms with Crippen LogP contribution in [-0.2, 0) is 19.1 Å². The first kappa shape index (κ1) is 23.8. The zero-order valence-corrected chi connectivity index (χ0v) is 21.5. The second kappa shape index (κ2) is 7.60. The highest BCUT2D eigenvalue weighted by molar-refractivity contribution is 5.67. The quantitative estimate of drug-likeness (QED) is 0.361. The molecule has 0 aromatic heterocycles. The predicted octanol–water partition coefficient (Wildman–Crippen LogP) is 6.47. The van der Waals surface area contributed by atoms with Crippen LogP contribution in [0.3, 0.4) is 0 Å². The molecule has 4 heteroatoms. The van der Waals surface area contributed by atoms with E-state index in [1.54, 1.807) is 5.57 Å². The first-order chi connectivity index (χ1) is 14.8. The van der Waals surface area contributed by atoms with Crippen molar-refractivity contribution in [2.75, 3.05) is 0 Å². The summed E-state index contributed by atoms with van der Waals surface area (Å²) in [4.78, 5) is 24.1. The van der Waals surface area contributed by atoms with E-state index in [1.165, 1.54) is 39.5 Å². The second-order valence-corrected chi connectivity index (χ2v) is 12.8. The summed E-state index contributed by atoms with van der Waals surface area (Å²) in [7, 11) is 0. The minimum atomic E-state index is -0.397. The molecule has 4 rings (SSSR count). The van der Waals surface area contributed by atoms with Crippen molar-refractivity contribution < 1.29 is 19.1 Å². The molecule has 0 saturated heterocycles. The standard InChI is InChI=1S/C28H44O4/c1-17-10-9-14-27(7)20(17)11-12-23-26(6)16-21(31-18(2)29)24(32-19(3)30)25(4,5)22(26)13-15-28(23,27)8/h11,17,21-24H,9-10,12-16H2,1-8H3/t17-,21+,22+,23-,24-,26+,27-,28-/m1/s1. The number of ether oxygens (including phenoxy) is 2. The smallest absolute Gasteiger partial charge is 0.303 e. The molecule has 0 aromatic rings. The normalized spacial score (nSPS) is 47.2. The average Bonchev–Trinajstić information content (AvgIpc) is 2.65. The van der Waals surface area contributed by atoms with Gasteiger partial charge in [0.15, 0.2) is 0 Å². The maximum absolute atomic E-state index is 12.1. The minimum absolute atomic E-state index is 0.0268. The van der Waals surface area contributed by atoms with E-state index in [9.17, 15) is 9.59 Å². The predicted molar refractivity (Wildman–Crippen MR) is 126 cm³/mol. The second-order valence-electron chi connectivity index (χ2n) is 12.8. The number of rotatable bonds is 2. The Morgan fingerprint density at radius 3 is 2.22 bits per heavy atom. The van der Waals surface area contributed by atoms with E-state index in [0.29, 0.717) is 17.8 Å². The third-order valence-corrected chi connectivity index (χ3v) is 10.8. The molecule has 0 aromatic carbocycles. The van der Waals surface area contributed by atoms with Crippen molar-refractivity contribution in [2.24, 2.45) is 39.4 Å². The van der Waals surface area contributed by atoms with Gasteiger partial charge in [-0.15, -0.1) is 0 Å². The molecule has 4 aliphatic rings. The first-order valence-electron chi connectivity index (χ1n) is 12.8. The SMILES string of the molecule is CC(=O)O[C@H]1C[C@]2(C)[C@H]3CC=C4[C@H](C)CCC[C@@]4(C)[C@]3(C)CC[C@H]2C(C)(C)[C@@H]1OC(C)=O. The molecule has 0 unspecified atom stereocenters. The number of fused-ring (bicyclic) bond motifs is 5. The highest BCUT2D eigenvalue weighted by Gasteiger charge is 2.68. The number of esters is 2. The van der Waals surface area contributed by atoms with Crippen molar-refractivity contribution in [3.05, 3.63) is 11.6 Å². The van der Waals surface area contributed by atoms with Crippen LogP contribution in [0.25, 0.3) is 0 Å². The zero-order valence-electron chi connectivity index (χ0n) is 21.5. The van der Waals surface area contributed by atoms with Crippen LogP contribution < -0.4 is 0 Å². The lowest BCUT2D eigenvalue weighted by atomic mass is 9.35. The molecule has 0 amide bonds. The zero-order chi connectivity index (χ0) is 23.7. The Labute approximate surface area is 194 Å². The van der Waals surface area contributed by atoms with Gasteiger partial charge in [0.05, 0.1) is 0 Å². The minimum Gasteiger partial charge on any atom is -0.459 e. The molecule has 3 saturated carbocycles. The van der Waals surface area contributed by atoms with Crippen molar-refractivity contribution in [1.29, 1.82) is 0 Å². The van der Waals surface area contributed by atoms with E-state index < -0.39 is 12.2 Å². The summed E-state index contributed by atoms with van der Waals surface area (Å²) in [5.74, 6) is 1.05. The van der Waals surface area contributed by atoms with Crippen LogP contribution in [0, 0.1) is 39.4 Å². The van der Waals surface area contributed by atoms with Gasteiger partial charge in [0.2, 0.25) is 0 Å². The molecule has 8 atom stereocenters. The summed E-state index contributed by atoms with van der Waals surface area (Å²) >= 11 is 0. The molecule has 0 N–H and O–H groups in total. The molecule has 0 heterocycles. The van der Waals surface area contributed by atoms with Gasteiger partial charge in [-0.1, -0.05) is 59.6 Å². The van der Waals surface area contributed by atoms with Gasteiger partial charge in [0.25, 0.3) is 0 Å². The van der Waals surface area contributed by atoms with Gasteiger partial charge >= 0.3 is 11.9 Å². The number of allylic oxidation sites excluding steroid dienone is 2. The summed E-state index contributed by atoms with van der Waals surface area (Å²) in [5.41, 5.74) is 1.95. The molecule has 180 valence electrons. The third kappa shape index (κ3) is 3.21. The molecule has 0 spiro atoms. The molecule has 0 radical (unpaired) electrons. The summed E-state index contributed by atoms with van der Waals surface area (Å²) in [6.07, 6.45) is 9.95. The fourth-order valence-corrected chi connectivity index (χ4v) is 9.45. The number of hydrogen-bond donors (Lipinski definition) is 0. The first-order valence-corrected chi connectivity index (χ1v) is 12.8. The lowest BCUT2D eigenvalue weighted by Gasteiger charge is -2.70. The van der Waals surface area contributed by atoms with Gasteiger partial charge in [0.1, 0.15) is 12.2 Å². The van der Waals surface area contributed by atoms with E-state index in [1.807, 2.05) is 0 Å². The highest BCUT2D eigenvalue weighted by atomic mass is 16.6. The van der Waals surface area contributed by atoms with Crippen molar-refractivity contribution in [3.8, 4) is 0 Å². The number of carbonyl (C=O) groups is 2. The van der Waals surface area contributed by atoms with Crippen LogP contribution >= 0.6 is 0 Å². The lowest BCUT2D eigenvalue weighted by molar-refractivity contribution is -0.242. The maximum Gasteiger partial charge on any atom is 0.303 e. The van der Waals surface area contributed by atoms with E-state index in [-0.39, 0.29) is 33.6 Å².